The van der Waals surface area contributed by atoms with Gasteiger partial charge < -0.3 is 14.6 Å². The van der Waals surface area contributed by atoms with E-state index in [2.05, 4.69) is 19.6 Å². The average molecular weight is 509 g/mol. The van der Waals surface area contributed by atoms with Gasteiger partial charge in [-0.25, -0.2) is 4.79 Å². The summed E-state index contributed by atoms with van der Waals surface area (Å²) in [5.41, 5.74) is -0.724. The van der Waals surface area contributed by atoms with Crippen molar-refractivity contribution in [2.24, 2.45) is 35.0 Å². The van der Waals surface area contributed by atoms with Gasteiger partial charge in [-0.15, -0.1) is 0 Å². The molecular weight excluding hydrogens is 472 g/mol. The van der Waals surface area contributed by atoms with E-state index in [1.807, 2.05) is 13.0 Å². The van der Waals surface area contributed by atoms with E-state index in [9.17, 15) is 24.3 Å². The number of carbonyl (C=O) groups is 4. The zero-order chi connectivity index (χ0) is 26.9. The van der Waals surface area contributed by atoms with Crippen molar-refractivity contribution in [2.45, 2.75) is 77.6 Å². The van der Waals surface area contributed by atoms with Crippen molar-refractivity contribution in [2.75, 3.05) is 0 Å². The van der Waals surface area contributed by atoms with E-state index < -0.39 is 23.0 Å². The molecule has 9 atom stereocenters. The molecule has 0 radical (unpaired) electrons. The molecule has 3 fully saturated rings. The molecule has 3 aliphatic carbocycles. The second-order valence-corrected chi connectivity index (χ2v) is 11.9. The minimum atomic E-state index is -1.31. The van der Waals surface area contributed by atoms with Crippen LogP contribution in [0.2, 0.25) is 0 Å². The molecule has 0 amide bonds. The van der Waals surface area contributed by atoms with E-state index in [0.717, 1.165) is 5.57 Å². The van der Waals surface area contributed by atoms with Gasteiger partial charge in [0.15, 0.2) is 11.6 Å². The molecule has 2 saturated heterocycles. The Morgan fingerprint density at radius 3 is 2.51 bits per heavy atom. The third-order valence-corrected chi connectivity index (χ3v) is 9.77. The van der Waals surface area contributed by atoms with Crippen molar-refractivity contribution in [1.82, 2.24) is 0 Å². The van der Waals surface area contributed by atoms with Gasteiger partial charge in [0.2, 0.25) is 0 Å². The fraction of sp³-hybridized carbons (Fsp3) is 0.600. The number of allylic oxidation sites excluding steroid dienone is 4. The van der Waals surface area contributed by atoms with E-state index in [1.165, 1.54) is 13.8 Å². The lowest BCUT2D eigenvalue weighted by atomic mass is 9.54. The topological polar surface area (TPSA) is 107 Å². The third kappa shape index (κ3) is 3.89. The number of aliphatic hydroxyl groups is 1. The van der Waals surface area contributed by atoms with Crippen LogP contribution in [0.4, 0.5) is 0 Å². The molecule has 2 aliphatic heterocycles. The Morgan fingerprint density at radius 2 is 1.84 bits per heavy atom. The monoisotopic (exact) mass is 508 g/mol. The van der Waals surface area contributed by atoms with Crippen LogP contribution in [0.1, 0.15) is 59.8 Å². The molecule has 7 heteroatoms. The van der Waals surface area contributed by atoms with Gasteiger partial charge in [-0.1, -0.05) is 32.6 Å². The molecule has 2 heterocycles. The first-order valence-electron chi connectivity index (χ1n) is 13.3. The minimum Gasteiger partial charge on any atom is -0.461 e. The van der Waals surface area contributed by atoms with Crippen LogP contribution in [0.3, 0.4) is 0 Å². The van der Waals surface area contributed by atoms with Gasteiger partial charge in [-0.2, -0.15) is 0 Å². The molecule has 5 aliphatic rings. The Labute approximate surface area is 217 Å². The van der Waals surface area contributed by atoms with Gasteiger partial charge in [0.05, 0.1) is 5.60 Å². The van der Waals surface area contributed by atoms with Gasteiger partial charge in [0, 0.05) is 23.0 Å². The summed E-state index contributed by atoms with van der Waals surface area (Å²) in [6.07, 6.45) is 8.64. The summed E-state index contributed by atoms with van der Waals surface area (Å²) in [6.45, 7) is 10.9. The second kappa shape index (κ2) is 8.90. The molecule has 37 heavy (non-hydrogen) atoms. The summed E-state index contributed by atoms with van der Waals surface area (Å²) in [7, 11) is 0. The summed E-state index contributed by atoms with van der Waals surface area (Å²) < 4.78 is 11.6. The lowest BCUT2D eigenvalue weighted by molar-refractivity contribution is -0.151. The average Bonchev–Trinajstić information content (AvgIpc) is 3.09. The number of rotatable bonds is 3. The van der Waals surface area contributed by atoms with E-state index in [-0.39, 0.29) is 59.8 Å². The highest BCUT2D eigenvalue weighted by Crippen LogP contribution is 2.61. The van der Waals surface area contributed by atoms with Crippen LogP contribution < -0.4 is 0 Å². The number of carbonyl (C=O) groups excluding carboxylic acids is 4. The van der Waals surface area contributed by atoms with Gasteiger partial charge in [-0.3, -0.25) is 14.4 Å². The van der Waals surface area contributed by atoms with Crippen LogP contribution >= 0.6 is 0 Å². The van der Waals surface area contributed by atoms with Gasteiger partial charge >= 0.3 is 11.9 Å². The molecule has 198 valence electrons. The zero-order valence-electron chi connectivity index (χ0n) is 22.0. The summed E-state index contributed by atoms with van der Waals surface area (Å²) in [6, 6.07) is 0. The minimum absolute atomic E-state index is 0.0365. The van der Waals surface area contributed by atoms with Crippen molar-refractivity contribution in [3.8, 4) is 0 Å². The predicted octanol–water partition coefficient (Wildman–Crippen LogP) is 3.81. The first-order valence-corrected chi connectivity index (χ1v) is 13.3. The summed E-state index contributed by atoms with van der Waals surface area (Å²) in [5.74, 6) is -2.17. The molecular formula is C30H36O7. The normalized spacial score (nSPS) is 43.2. The quantitative estimate of drug-likeness (QED) is 0.456. The number of fused-ring (bicyclic) bond motifs is 4. The zero-order valence-corrected chi connectivity index (χ0v) is 22.0. The Balaban J connectivity index is 1.59. The highest BCUT2D eigenvalue weighted by Gasteiger charge is 2.66. The van der Waals surface area contributed by atoms with Gasteiger partial charge in [-0.05, 0) is 81.4 Å². The number of ketones is 2. The molecule has 2 unspecified atom stereocenters. The van der Waals surface area contributed by atoms with E-state index in [0.29, 0.717) is 36.8 Å². The third-order valence-electron chi connectivity index (χ3n) is 9.77. The predicted molar refractivity (Wildman–Crippen MR) is 135 cm³/mol. The number of ether oxygens (including phenoxy) is 2. The fourth-order valence-electron chi connectivity index (χ4n) is 7.69. The van der Waals surface area contributed by atoms with Crippen LogP contribution in [0.15, 0.2) is 47.6 Å². The highest BCUT2D eigenvalue weighted by atomic mass is 16.6. The Hall–Kier alpha value is -2.80. The largest absolute Gasteiger partial charge is 0.461 e. The van der Waals surface area contributed by atoms with Crippen LogP contribution in [-0.2, 0) is 28.7 Å². The first kappa shape index (κ1) is 25.8. The molecule has 0 aromatic rings. The molecule has 5 rings (SSSR count). The maximum absolute atomic E-state index is 13.8. The molecule has 1 spiro atoms. The molecule has 1 saturated carbocycles. The van der Waals surface area contributed by atoms with Crippen molar-refractivity contribution in [3.63, 3.8) is 0 Å². The fourth-order valence-corrected chi connectivity index (χ4v) is 7.69. The first-order chi connectivity index (χ1) is 17.4. The molecule has 0 aromatic heterocycles. The number of hydrogen-bond acceptors (Lipinski definition) is 7. The van der Waals surface area contributed by atoms with Crippen LogP contribution in [-0.4, -0.2) is 46.4 Å². The maximum atomic E-state index is 13.8. The number of esters is 2. The summed E-state index contributed by atoms with van der Waals surface area (Å²) >= 11 is 0. The lowest BCUT2D eigenvalue weighted by Crippen LogP contribution is -2.53. The second-order valence-electron chi connectivity index (χ2n) is 11.9. The molecule has 7 nitrogen and oxygen atoms in total. The highest BCUT2D eigenvalue weighted by molar-refractivity contribution is 6.03. The van der Waals surface area contributed by atoms with Crippen molar-refractivity contribution in [3.05, 3.63) is 47.6 Å². The molecule has 0 bridgehead atoms. The number of hydrogen-bond donors (Lipinski definition) is 1. The number of Topliss-reactive ketones (excluding diaryl/α,β-unsaturated/α-hetero) is 1. The van der Waals surface area contributed by atoms with Crippen molar-refractivity contribution in [1.29, 1.82) is 0 Å². The van der Waals surface area contributed by atoms with Crippen molar-refractivity contribution >= 4 is 23.5 Å². The Bertz CT molecular complexity index is 1170. The van der Waals surface area contributed by atoms with Crippen LogP contribution in [0, 0.1) is 35.0 Å². The standard InChI is InChI=1S/C30H36O7/c1-15-10-26-23(9-8-20(15)7-6-17(3)31)29(28(34)37-26)13-21-12-22-18(4)27(33)36-25(22)11-16(2)30(21,35)14-24(29)19(5)32/h6-8,14-16,21-23,25-26,35H,4,9-13H2,1-3,5H3/b7-6+/t15?,16?,21-,22+,23+,25+,26-,29-,30-/m0/s1. The van der Waals surface area contributed by atoms with Gasteiger partial charge in [0.25, 0.3) is 0 Å². The smallest absolute Gasteiger partial charge is 0.334 e. The Kier molecular flexibility index (Phi) is 6.21. The molecule has 0 aromatic carbocycles. The lowest BCUT2D eigenvalue weighted by Gasteiger charge is -2.48. The summed E-state index contributed by atoms with van der Waals surface area (Å²) in [4.78, 5) is 50.7. The van der Waals surface area contributed by atoms with Crippen molar-refractivity contribution < 1.29 is 33.8 Å². The summed E-state index contributed by atoms with van der Waals surface area (Å²) in [5, 5.41) is 12.0. The SMILES string of the molecule is C=C1C(=O)O[C@@H]2CC(C)[C@@]3(O)C=C(C(C)=O)[C@@]4(C[C@@H]3C[C@H]12)C(=O)O[C@H]1CC(C)C(/C=C/C(C)=O)=CC[C@H]14. The van der Waals surface area contributed by atoms with Crippen LogP contribution in [0.5, 0.6) is 0 Å². The maximum Gasteiger partial charge on any atom is 0.334 e. The van der Waals surface area contributed by atoms with Crippen LogP contribution in [0.25, 0.3) is 0 Å². The van der Waals surface area contributed by atoms with E-state index in [4.69, 9.17) is 9.47 Å². The molecule has 1 N–H and O–H groups in total. The van der Waals surface area contributed by atoms with E-state index >= 15 is 0 Å². The van der Waals surface area contributed by atoms with E-state index in [1.54, 1.807) is 12.2 Å². The Morgan fingerprint density at radius 1 is 1.11 bits per heavy atom. The van der Waals surface area contributed by atoms with Gasteiger partial charge in [0.1, 0.15) is 17.6 Å².